The first-order valence-electron chi connectivity index (χ1n) is 9.36. The molecule has 2 rings (SSSR count). The number of nitro groups is 1. The molecule has 9 nitrogen and oxygen atoms in total. The van der Waals surface area contributed by atoms with Gasteiger partial charge < -0.3 is 10.1 Å². The Morgan fingerprint density at radius 1 is 1.28 bits per heavy atom. The van der Waals surface area contributed by atoms with Gasteiger partial charge in [0.2, 0.25) is 10.0 Å². The molecule has 0 heterocycles. The van der Waals surface area contributed by atoms with Crippen LogP contribution in [0.15, 0.2) is 51.8 Å². The third kappa shape index (κ3) is 6.71. The number of halogens is 2. The minimum Gasteiger partial charge on any atom is -0.444 e. The number of sulfonamides is 1. The molecule has 1 atom stereocenters. The topological polar surface area (TPSA) is 119 Å². The average molecular weight is 532 g/mol. The number of amides is 1. The highest BCUT2D eigenvalue weighted by molar-refractivity contribution is 9.10. The second kappa shape index (κ2) is 9.92. The summed E-state index contributed by atoms with van der Waals surface area (Å²) in [6.45, 7) is 4.63. The Bertz CT molecular complexity index is 1100. The van der Waals surface area contributed by atoms with Gasteiger partial charge in [-0.1, -0.05) is 28.1 Å². The van der Waals surface area contributed by atoms with Crippen LogP contribution in [0, 0.1) is 15.9 Å². The lowest BCUT2D eigenvalue weighted by Crippen LogP contribution is -2.41. The van der Waals surface area contributed by atoms with E-state index in [-0.39, 0.29) is 12.1 Å². The molecule has 0 aliphatic carbocycles. The summed E-state index contributed by atoms with van der Waals surface area (Å²) in [5.74, 6) is -0.602. The predicted octanol–water partition coefficient (Wildman–Crippen LogP) is 4.38. The highest BCUT2D eigenvalue weighted by Gasteiger charge is 2.32. The maximum absolute atomic E-state index is 14.0. The molecule has 2 aromatic carbocycles. The zero-order valence-electron chi connectivity index (χ0n) is 17.8. The Hall–Kier alpha value is -2.57. The number of ether oxygens (including phenoxy) is 1. The van der Waals surface area contributed by atoms with E-state index in [1.54, 1.807) is 20.8 Å². The molecule has 0 fully saturated rings. The zero-order valence-corrected chi connectivity index (χ0v) is 20.2. The summed E-state index contributed by atoms with van der Waals surface area (Å²) >= 11 is 3.17. The molecule has 1 N–H and O–H groups in total. The van der Waals surface area contributed by atoms with Crippen LogP contribution in [-0.4, -0.2) is 42.9 Å². The molecule has 174 valence electrons. The number of para-hydroxylation sites is 1. The number of likely N-dealkylation sites (N-methyl/N-ethyl adjacent to an activating group) is 1. The summed E-state index contributed by atoms with van der Waals surface area (Å²) in [6.07, 6.45) is -0.834. The molecule has 32 heavy (non-hydrogen) atoms. The minimum absolute atomic E-state index is 0.271. The van der Waals surface area contributed by atoms with Crippen molar-refractivity contribution in [3.8, 4) is 0 Å². The third-order valence-electron chi connectivity index (χ3n) is 4.17. The highest BCUT2D eigenvalue weighted by atomic mass is 79.9. The number of carbonyl (C=O) groups is 1. The fraction of sp³-hybridized carbons (Fsp3) is 0.350. The first-order chi connectivity index (χ1) is 14.7. The number of rotatable bonds is 7. The van der Waals surface area contributed by atoms with Crippen molar-refractivity contribution in [3.63, 3.8) is 0 Å². The summed E-state index contributed by atoms with van der Waals surface area (Å²) in [7, 11) is -3.10. The molecule has 0 spiro atoms. The zero-order chi connectivity index (χ0) is 24.3. The van der Waals surface area contributed by atoms with E-state index in [9.17, 15) is 27.7 Å². The van der Waals surface area contributed by atoms with Crippen LogP contribution < -0.4 is 5.32 Å². The third-order valence-corrected chi connectivity index (χ3v) is 6.50. The van der Waals surface area contributed by atoms with Gasteiger partial charge in [-0.25, -0.2) is 17.6 Å². The number of alkyl carbamates (subject to hydrolysis) is 1. The van der Waals surface area contributed by atoms with E-state index in [1.807, 2.05) is 0 Å². The quantitative estimate of drug-likeness (QED) is 0.418. The lowest BCUT2D eigenvalue weighted by Gasteiger charge is -2.27. The maximum atomic E-state index is 14.0. The van der Waals surface area contributed by atoms with E-state index < -0.39 is 49.1 Å². The number of carbonyl (C=O) groups excluding carboxylic acids is 1. The van der Waals surface area contributed by atoms with Gasteiger partial charge in [0.15, 0.2) is 4.90 Å². The van der Waals surface area contributed by atoms with Gasteiger partial charge in [0.05, 0.1) is 11.0 Å². The van der Waals surface area contributed by atoms with Crippen molar-refractivity contribution < 1.29 is 27.3 Å². The molecule has 0 saturated carbocycles. The van der Waals surface area contributed by atoms with Gasteiger partial charge in [0, 0.05) is 24.1 Å². The molecule has 0 saturated heterocycles. The van der Waals surface area contributed by atoms with Crippen LogP contribution in [0.3, 0.4) is 0 Å². The molecule has 0 radical (unpaired) electrons. The van der Waals surface area contributed by atoms with Crippen LogP contribution in [0.1, 0.15) is 32.4 Å². The average Bonchev–Trinajstić information content (AvgIpc) is 2.65. The van der Waals surface area contributed by atoms with Crippen LogP contribution >= 0.6 is 15.9 Å². The van der Waals surface area contributed by atoms with Gasteiger partial charge in [-0.15, -0.1) is 0 Å². The SMILES string of the molecule is CN(C[C@@H](NC(=O)OC(C)(C)C)c1cc(F)cc(Br)c1)S(=O)(=O)c1ccccc1[N+](=O)[O-]. The van der Waals surface area contributed by atoms with Crippen molar-refractivity contribution in [2.75, 3.05) is 13.6 Å². The van der Waals surface area contributed by atoms with Crippen molar-refractivity contribution in [1.29, 1.82) is 0 Å². The predicted molar refractivity (Wildman–Crippen MR) is 119 cm³/mol. The van der Waals surface area contributed by atoms with E-state index in [0.717, 1.165) is 22.5 Å². The van der Waals surface area contributed by atoms with Crippen LogP contribution in [0.2, 0.25) is 0 Å². The monoisotopic (exact) mass is 531 g/mol. The van der Waals surface area contributed by atoms with Gasteiger partial charge in [0.1, 0.15) is 11.4 Å². The normalized spacial score (nSPS) is 13.0. The second-order valence-electron chi connectivity index (χ2n) is 7.91. The summed E-state index contributed by atoms with van der Waals surface area (Å²) in [6, 6.07) is 7.80. The Morgan fingerprint density at radius 2 is 1.91 bits per heavy atom. The van der Waals surface area contributed by atoms with Crippen LogP contribution in [0.4, 0.5) is 14.9 Å². The van der Waals surface area contributed by atoms with Gasteiger partial charge in [0.25, 0.3) is 5.69 Å². The summed E-state index contributed by atoms with van der Waals surface area (Å²) in [5, 5.41) is 13.8. The van der Waals surface area contributed by atoms with E-state index in [4.69, 9.17) is 4.74 Å². The van der Waals surface area contributed by atoms with Crippen molar-refractivity contribution in [2.24, 2.45) is 0 Å². The van der Waals surface area contributed by atoms with Gasteiger partial charge in [-0.2, -0.15) is 4.31 Å². The van der Waals surface area contributed by atoms with E-state index >= 15 is 0 Å². The van der Waals surface area contributed by atoms with Crippen molar-refractivity contribution in [2.45, 2.75) is 37.3 Å². The molecule has 1 amide bonds. The first kappa shape index (κ1) is 25.7. The Balaban J connectivity index is 2.42. The molecular weight excluding hydrogens is 509 g/mol. The summed E-state index contributed by atoms with van der Waals surface area (Å²) in [4.78, 5) is 22.4. The Labute approximate surface area is 193 Å². The van der Waals surface area contributed by atoms with E-state index in [2.05, 4.69) is 21.2 Å². The fourth-order valence-corrected chi connectivity index (χ4v) is 4.63. The van der Waals surface area contributed by atoms with Crippen molar-refractivity contribution in [3.05, 3.63) is 68.4 Å². The van der Waals surface area contributed by atoms with Crippen molar-refractivity contribution in [1.82, 2.24) is 9.62 Å². The number of hydrogen-bond acceptors (Lipinski definition) is 6. The van der Waals surface area contributed by atoms with Gasteiger partial charge >= 0.3 is 6.09 Å². The largest absolute Gasteiger partial charge is 0.444 e. The molecule has 2 aromatic rings. The van der Waals surface area contributed by atoms with Gasteiger partial charge in [-0.3, -0.25) is 10.1 Å². The van der Waals surface area contributed by atoms with Crippen LogP contribution in [0.25, 0.3) is 0 Å². The molecule has 0 aliphatic heterocycles. The molecule has 0 aromatic heterocycles. The minimum atomic E-state index is -4.31. The number of nitrogens with one attached hydrogen (secondary N) is 1. The van der Waals surface area contributed by atoms with Crippen molar-refractivity contribution >= 4 is 37.7 Å². The standard InChI is InChI=1S/C20H23BrFN3O6S/c1-20(2,3)31-19(26)23-16(13-9-14(21)11-15(22)10-13)12-24(4)32(29,30)18-8-6-5-7-17(18)25(27)28/h5-11,16H,12H2,1-4H3,(H,23,26)/t16-/m1/s1. The first-order valence-corrected chi connectivity index (χ1v) is 11.6. The van der Waals surface area contributed by atoms with Gasteiger partial charge in [-0.05, 0) is 50.6 Å². The second-order valence-corrected chi connectivity index (χ2v) is 10.8. The number of benzene rings is 2. The van der Waals surface area contributed by atoms with E-state index in [1.165, 1.54) is 31.3 Å². The fourth-order valence-electron chi connectivity index (χ4n) is 2.81. The van der Waals surface area contributed by atoms with Crippen LogP contribution in [-0.2, 0) is 14.8 Å². The molecule has 0 unspecified atom stereocenters. The van der Waals surface area contributed by atoms with Crippen LogP contribution in [0.5, 0.6) is 0 Å². The number of nitro benzene ring substituents is 1. The highest BCUT2D eigenvalue weighted by Crippen LogP contribution is 2.28. The lowest BCUT2D eigenvalue weighted by atomic mass is 10.1. The Kier molecular flexibility index (Phi) is 7.97. The number of nitrogens with zero attached hydrogens (tertiary/aromatic N) is 2. The molecule has 0 aliphatic rings. The molecule has 12 heteroatoms. The maximum Gasteiger partial charge on any atom is 0.408 e. The van der Waals surface area contributed by atoms with E-state index in [0.29, 0.717) is 4.47 Å². The summed E-state index contributed by atoms with van der Waals surface area (Å²) in [5.41, 5.74) is -1.13. The lowest BCUT2D eigenvalue weighted by molar-refractivity contribution is -0.387. The summed E-state index contributed by atoms with van der Waals surface area (Å²) < 4.78 is 46.6. The Morgan fingerprint density at radius 3 is 2.47 bits per heavy atom. The smallest absolute Gasteiger partial charge is 0.408 e. The number of hydrogen-bond donors (Lipinski definition) is 1. The molecule has 0 bridgehead atoms. The molecular formula is C20H23BrFN3O6S.